The number of hydrogen-bond acceptors (Lipinski definition) is 5. The minimum Gasteiger partial charge on any atom is -0.455 e. The fourth-order valence-electron chi connectivity index (χ4n) is 5.95. The van der Waals surface area contributed by atoms with Crippen molar-refractivity contribution in [3.63, 3.8) is 0 Å². The van der Waals surface area contributed by atoms with E-state index in [1.165, 1.54) is 11.3 Å². The number of hydrogen-bond donors (Lipinski definition) is 0. The fraction of sp³-hybridized carbons (Fsp3) is 0.0513. The molecule has 8 rings (SSSR count). The van der Waals surface area contributed by atoms with Gasteiger partial charge in [0.1, 0.15) is 11.2 Å². The maximum absolute atomic E-state index is 6.67. The minimum absolute atomic E-state index is 0.575. The maximum atomic E-state index is 6.67. The van der Waals surface area contributed by atoms with Gasteiger partial charge < -0.3 is 9.32 Å². The van der Waals surface area contributed by atoms with E-state index in [1.807, 2.05) is 72.8 Å². The lowest BCUT2D eigenvalue weighted by Gasteiger charge is -2.26. The first kappa shape index (κ1) is 25.9. The summed E-state index contributed by atoms with van der Waals surface area (Å²) in [4.78, 5) is 17.2. The summed E-state index contributed by atoms with van der Waals surface area (Å²) in [6.07, 6.45) is 9.53. The number of nitrogens with zero attached hydrogens (tertiary/aromatic N) is 4. The van der Waals surface area contributed by atoms with Crippen molar-refractivity contribution in [2.24, 2.45) is 0 Å². The summed E-state index contributed by atoms with van der Waals surface area (Å²) in [6, 6.07) is 41.2. The average Bonchev–Trinajstić information content (AvgIpc) is 3.52. The minimum atomic E-state index is 0.575. The van der Waals surface area contributed by atoms with Gasteiger partial charge in [-0.25, -0.2) is 15.0 Å². The Morgan fingerprint density at radius 1 is 0.545 bits per heavy atom. The molecule has 7 aromatic rings. The van der Waals surface area contributed by atoms with Crippen LogP contribution in [0.2, 0.25) is 0 Å². The van der Waals surface area contributed by atoms with Crippen molar-refractivity contribution >= 4 is 33.3 Å². The third-order valence-corrected chi connectivity index (χ3v) is 8.02. The maximum Gasteiger partial charge on any atom is 0.167 e. The second-order valence-electron chi connectivity index (χ2n) is 10.8. The third-order valence-electron chi connectivity index (χ3n) is 8.02. The van der Waals surface area contributed by atoms with Crippen LogP contribution >= 0.6 is 0 Å². The first-order chi connectivity index (χ1) is 21.8. The van der Waals surface area contributed by atoms with E-state index in [1.54, 1.807) is 0 Å². The largest absolute Gasteiger partial charge is 0.455 e. The van der Waals surface area contributed by atoms with Crippen LogP contribution in [0.5, 0.6) is 0 Å². The molecule has 0 saturated carbocycles. The highest BCUT2D eigenvalue weighted by Crippen LogP contribution is 2.42. The smallest absolute Gasteiger partial charge is 0.167 e. The molecule has 0 fully saturated rings. The van der Waals surface area contributed by atoms with Crippen LogP contribution < -0.4 is 4.90 Å². The third kappa shape index (κ3) is 4.65. The molecule has 0 bridgehead atoms. The Hall–Kier alpha value is -5.81. The van der Waals surface area contributed by atoms with Crippen LogP contribution in [0.25, 0.3) is 56.1 Å². The number of fused-ring (bicyclic) bond motifs is 4. The van der Waals surface area contributed by atoms with Gasteiger partial charge in [0, 0.05) is 28.7 Å². The van der Waals surface area contributed by atoms with E-state index in [4.69, 9.17) is 19.4 Å². The number of allylic oxidation sites excluding steroid dienone is 3. The normalized spacial score (nSPS) is 13.0. The number of para-hydroxylation sites is 2. The van der Waals surface area contributed by atoms with Crippen molar-refractivity contribution < 1.29 is 4.42 Å². The van der Waals surface area contributed by atoms with E-state index >= 15 is 0 Å². The molecular formula is C39H28N4O. The van der Waals surface area contributed by atoms with Crippen LogP contribution in [0.15, 0.2) is 150 Å². The number of benzene rings is 5. The Balaban J connectivity index is 1.34. The molecule has 0 saturated heterocycles. The summed E-state index contributed by atoms with van der Waals surface area (Å²) in [5.74, 6) is 1.82. The van der Waals surface area contributed by atoms with Crippen molar-refractivity contribution in [2.45, 2.75) is 6.42 Å². The van der Waals surface area contributed by atoms with E-state index < -0.39 is 0 Å². The molecule has 1 aliphatic heterocycles. The molecule has 0 spiro atoms. The average molecular weight is 569 g/mol. The van der Waals surface area contributed by atoms with Crippen molar-refractivity contribution in [1.82, 2.24) is 15.0 Å². The Labute approximate surface area is 255 Å². The zero-order valence-electron chi connectivity index (χ0n) is 24.0. The molecular weight excluding hydrogens is 540 g/mol. The lowest BCUT2D eigenvalue weighted by Crippen LogP contribution is -2.18. The van der Waals surface area contributed by atoms with Gasteiger partial charge in [-0.2, -0.15) is 0 Å². The Morgan fingerprint density at radius 2 is 1.18 bits per heavy atom. The summed E-state index contributed by atoms with van der Waals surface area (Å²) in [7, 11) is 0. The van der Waals surface area contributed by atoms with E-state index in [0.29, 0.717) is 17.5 Å². The van der Waals surface area contributed by atoms with Crippen LogP contribution in [0.4, 0.5) is 11.4 Å². The van der Waals surface area contributed by atoms with Gasteiger partial charge in [0.15, 0.2) is 17.5 Å². The zero-order chi connectivity index (χ0) is 29.3. The lowest BCUT2D eigenvalue weighted by molar-refractivity contribution is 0.669. The second kappa shape index (κ2) is 11.1. The Morgan fingerprint density at radius 3 is 1.95 bits per heavy atom. The lowest BCUT2D eigenvalue weighted by atomic mass is 10.0. The van der Waals surface area contributed by atoms with Crippen LogP contribution in [0.3, 0.4) is 0 Å². The molecule has 210 valence electrons. The fourth-order valence-corrected chi connectivity index (χ4v) is 5.95. The van der Waals surface area contributed by atoms with Crippen molar-refractivity contribution in [3.05, 3.63) is 151 Å². The first-order valence-corrected chi connectivity index (χ1v) is 14.8. The summed E-state index contributed by atoms with van der Waals surface area (Å²) in [6.45, 7) is 0.737. The monoisotopic (exact) mass is 568 g/mol. The van der Waals surface area contributed by atoms with E-state index in [-0.39, 0.29) is 0 Å². The highest BCUT2D eigenvalue weighted by molar-refractivity contribution is 6.15. The molecule has 1 aliphatic rings. The predicted octanol–water partition coefficient (Wildman–Crippen LogP) is 9.58. The molecule has 0 radical (unpaired) electrons. The quantitative estimate of drug-likeness (QED) is 0.212. The van der Waals surface area contributed by atoms with Gasteiger partial charge in [-0.3, -0.25) is 0 Å². The van der Waals surface area contributed by atoms with Gasteiger partial charge in [0.2, 0.25) is 0 Å². The Bertz CT molecular complexity index is 2120. The molecule has 5 aromatic carbocycles. The molecule has 0 unspecified atom stereocenters. The summed E-state index contributed by atoms with van der Waals surface area (Å²) < 4.78 is 6.67. The first-order valence-electron chi connectivity index (χ1n) is 14.8. The van der Waals surface area contributed by atoms with E-state index in [9.17, 15) is 0 Å². The highest BCUT2D eigenvalue weighted by Gasteiger charge is 2.22. The number of furan rings is 1. The van der Waals surface area contributed by atoms with E-state index in [2.05, 4.69) is 77.7 Å². The number of anilines is 2. The van der Waals surface area contributed by atoms with Gasteiger partial charge in [-0.05, 0) is 36.2 Å². The second-order valence-corrected chi connectivity index (χ2v) is 10.8. The van der Waals surface area contributed by atoms with Crippen LogP contribution in [-0.2, 0) is 6.42 Å². The SMILES string of the molecule is C1=CCc2ccccc2N(c2cccc3oc4c(-c5nc(-c6ccccc6)nc(-c6ccccc6)n5)cccc4c23)CC=C1. The van der Waals surface area contributed by atoms with Crippen LogP contribution in [-0.4, -0.2) is 21.5 Å². The van der Waals surface area contributed by atoms with Crippen molar-refractivity contribution in [3.8, 4) is 34.2 Å². The van der Waals surface area contributed by atoms with Crippen molar-refractivity contribution in [1.29, 1.82) is 0 Å². The van der Waals surface area contributed by atoms with Gasteiger partial charge in [-0.1, -0.05) is 121 Å². The van der Waals surface area contributed by atoms with Crippen LogP contribution in [0.1, 0.15) is 5.56 Å². The van der Waals surface area contributed by atoms with Gasteiger partial charge in [0.05, 0.1) is 16.6 Å². The highest BCUT2D eigenvalue weighted by atomic mass is 16.3. The molecule has 0 amide bonds. The summed E-state index contributed by atoms with van der Waals surface area (Å²) in [5, 5.41) is 2.09. The molecule has 2 aromatic heterocycles. The van der Waals surface area contributed by atoms with Gasteiger partial charge in [-0.15, -0.1) is 0 Å². The topological polar surface area (TPSA) is 55.1 Å². The zero-order valence-corrected chi connectivity index (χ0v) is 24.0. The molecule has 0 aliphatic carbocycles. The van der Waals surface area contributed by atoms with Gasteiger partial charge in [0.25, 0.3) is 0 Å². The van der Waals surface area contributed by atoms with E-state index in [0.717, 1.165) is 57.3 Å². The van der Waals surface area contributed by atoms with Gasteiger partial charge >= 0.3 is 0 Å². The van der Waals surface area contributed by atoms with Crippen molar-refractivity contribution in [2.75, 3.05) is 11.4 Å². The molecule has 44 heavy (non-hydrogen) atoms. The summed E-state index contributed by atoms with van der Waals surface area (Å²) in [5.41, 5.74) is 7.85. The Kier molecular flexibility index (Phi) is 6.54. The number of rotatable bonds is 4. The van der Waals surface area contributed by atoms with Crippen LogP contribution in [0, 0.1) is 0 Å². The predicted molar refractivity (Wildman–Crippen MR) is 179 cm³/mol. The standard InChI is InChI=1S/C39H28N4O/c1-2-12-26-43(32-23-11-10-16-27(32)15-5-1)33-24-14-25-34-35(33)30-21-13-22-31(36(30)44-34)39-41-37(28-17-6-3-7-18-28)40-38(42-39)29-19-8-4-9-20-29/h1-14,16-25H,15,26H2. The molecule has 0 atom stereocenters. The molecule has 3 heterocycles. The summed E-state index contributed by atoms with van der Waals surface area (Å²) >= 11 is 0. The molecule has 5 nitrogen and oxygen atoms in total. The molecule has 5 heteroatoms. The number of aromatic nitrogens is 3. The molecule has 0 N–H and O–H groups in total.